The molecule has 0 aliphatic heterocycles. The summed E-state index contributed by atoms with van der Waals surface area (Å²) in [5.74, 6) is 0. The van der Waals surface area contributed by atoms with E-state index in [1.165, 1.54) is 105 Å². The van der Waals surface area contributed by atoms with Gasteiger partial charge in [0.25, 0.3) is 0 Å². The van der Waals surface area contributed by atoms with Gasteiger partial charge in [-0.3, -0.25) is 0 Å². The van der Waals surface area contributed by atoms with Gasteiger partial charge < -0.3 is 4.90 Å². The van der Waals surface area contributed by atoms with Crippen LogP contribution in [-0.4, -0.2) is 0 Å². The van der Waals surface area contributed by atoms with Crippen LogP contribution in [0.15, 0.2) is 273 Å². The van der Waals surface area contributed by atoms with Gasteiger partial charge in [0.1, 0.15) is 0 Å². The zero-order chi connectivity index (χ0) is 46.7. The first kappa shape index (κ1) is 39.9. The molecular weight excluding hydrogens is 855 g/mol. The average molecular weight is 900 g/mol. The summed E-state index contributed by atoms with van der Waals surface area (Å²) >= 11 is 0. The summed E-state index contributed by atoms with van der Waals surface area (Å²) < 4.78 is 0. The van der Waals surface area contributed by atoms with E-state index in [0.29, 0.717) is 0 Å². The molecule has 0 amide bonds. The molecule has 12 aromatic rings. The van der Waals surface area contributed by atoms with E-state index < -0.39 is 10.8 Å². The highest BCUT2D eigenvalue weighted by atomic mass is 15.1. The van der Waals surface area contributed by atoms with Crippen LogP contribution in [0.1, 0.15) is 44.5 Å². The van der Waals surface area contributed by atoms with E-state index in [4.69, 9.17) is 0 Å². The van der Waals surface area contributed by atoms with Crippen molar-refractivity contribution in [1.29, 1.82) is 0 Å². The fraction of sp³-hybridized carbons (Fsp3) is 0.0286. The molecule has 15 rings (SSSR count). The molecule has 1 nitrogen and oxygen atoms in total. The van der Waals surface area contributed by atoms with E-state index >= 15 is 0 Å². The van der Waals surface area contributed by atoms with Crippen LogP contribution < -0.4 is 4.90 Å². The van der Waals surface area contributed by atoms with Gasteiger partial charge >= 0.3 is 0 Å². The topological polar surface area (TPSA) is 3.24 Å². The molecule has 3 aliphatic rings. The van der Waals surface area contributed by atoms with Gasteiger partial charge in [0.05, 0.1) is 10.8 Å². The minimum atomic E-state index is -0.563. The Morgan fingerprint density at radius 1 is 0.211 bits per heavy atom. The van der Waals surface area contributed by atoms with Gasteiger partial charge in [-0.15, -0.1) is 0 Å². The standard InChI is InChI=1S/C70H45N/c1-2-17-46(18-3-1)47-35-38-52(39-36-47)71(54-40-41-56-51(44-54)34-33-48-19-4-5-22-55(48)56)53-21-16-20-49(43-53)50-37-42-67-68(45-50)70(63-29-12-8-25-59(63)60-26-9-13-30-64(60)70)66-32-15-14-31-65(66)69(67)61-27-10-6-23-57(61)58-24-7-11-28-62(58)69/h1-45H. The highest BCUT2D eigenvalue weighted by molar-refractivity contribution is 6.08. The molecule has 0 radical (unpaired) electrons. The Kier molecular flexibility index (Phi) is 8.56. The quantitative estimate of drug-likeness (QED) is 0.156. The van der Waals surface area contributed by atoms with Crippen molar-refractivity contribution in [2.24, 2.45) is 0 Å². The summed E-state index contributed by atoms with van der Waals surface area (Å²) in [6, 6.07) is 103. The monoisotopic (exact) mass is 899 g/mol. The number of hydrogen-bond donors (Lipinski definition) is 0. The molecule has 2 spiro atoms. The molecule has 0 saturated carbocycles. The Balaban J connectivity index is 0.971. The normalized spacial score (nSPS) is 13.9. The Hall–Kier alpha value is -9.04. The van der Waals surface area contributed by atoms with Gasteiger partial charge in [0, 0.05) is 17.1 Å². The van der Waals surface area contributed by atoms with Crippen molar-refractivity contribution in [2.45, 2.75) is 10.8 Å². The van der Waals surface area contributed by atoms with Crippen molar-refractivity contribution in [3.05, 3.63) is 317 Å². The fourth-order valence-corrected chi connectivity index (χ4v) is 13.3. The van der Waals surface area contributed by atoms with Crippen molar-refractivity contribution >= 4 is 38.6 Å². The van der Waals surface area contributed by atoms with Crippen LogP contribution in [0, 0.1) is 0 Å². The minimum absolute atomic E-state index is 0.526. The molecule has 71 heavy (non-hydrogen) atoms. The number of anilines is 3. The van der Waals surface area contributed by atoms with Crippen LogP contribution >= 0.6 is 0 Å². The third-order valence-corrected chi connectivity index (χ3v) is 16.1. The fourth-order valence-electron chi connectivity index (χ4n) is 13.3. The van der Waals surface area contributed by atoms with Crippen LogP contribution in [0.4, 0.5) is 17.1 Å². The van der Waals surface area contributed by atoms with Crippen molar-refractivity contribution in [3.63, 3.8) is 0 Å². The van der Waals surface area contributed by atoms with Gasteiger partial charge in [-0.25, -0.2) is 0 Å². The summed E-state index contributed by atoms with van der Waals surface area (Å²) in [6.07, 6.45) is 0. The van der Waals surface area contributed by atoms with E-state index in [2.05, 4.69) is 278 Å². The molecule has 0 bridgehead atoms. The summed E-state index contributed by atoms with van der Waals surface area (Å²) in [6.45, 7) is 0. The lowest BCUT2D eigenvalue weighted by atomic mass is 9.52. The van der Waals surface area contributed by atoms with Crippen molar-refractivity contribution in [3.8, 4) is 44.5 Å². The number of fused-ring (bicyclic) bond motifs is 19. The predicted octanol–water partition coefficient (Wildman–Crippen LogP) is 17.8. The first-order valence-corrected chi connectivity index (χ1v) is 24.8. The maximum Gasteiger partial charge on any atom is 0.0720 e. The molecule has 0 heterocycles. The molecular formula is C70H45N. The largest absolute Gasteiger partial charge is 0.310 e. The first-order valence-electron chi connectivity index (χ1n) is 24.8. The SMILES string of the molecule is c1ccc(-c2ccc(N(c3cccc(-c4ccc5c(c4)C4(c6ccccc6-c6ccccc64)c4ccccc4C54c5ccccc5-c5ccccc54)c3)c3ccc4c(ccc5ccccc54)c3)cc2)cc1. The minimum Gasteiger partial charge on any atom is -0.310 e. The van der Waals surface area contributed by atoms with Crippen LogP contribution in [0.3, 0.4) is 0 Å². The lowest BCUT2D eigenvalue weighted by Crippen LogP contribution is -2.43. The second-order valence-corrected chi connectivity index (χ2v) is 19.5. The second kappa shape index (κ2) is 15.2. The Bertz CT molecular complexity index is 4030. The van der Waals surface area contributed by atoms with Crippen LogP contribution in [0.2, 0.25) is 0 Å². The average Bonchev–Trinajstić information content (AvgIpc) is 3.92. The van der Waals surface area contributed by atoms with Crippen LogP contribution in [0.5, 0.6) is 0 Å². The molecule has 0 saturated heterocycles. The number of nitrogens with zero attached hydrogens (tertiary/aromatic N) is 1. The molecule has 1 heteroatoms. The van der Waals surface area contributed by atoms with E-state index in [1.807, 2.05) is 0 Å². The van der Waals surface area contributed by atoms with Gasteiger partial charge in [0.2, 0.25) is 0 Å². The van der Waals surface area contributed by atoms with Gasteiger partial charge in [-0.1, -0.05) is 231 Å². The Labute approximate surface area is 414 Å². The van der Waals surface area contributed by atoms with E-state index in [-0.39, 0.29) is 0 Å². The van der Waals surface area contributed by atoms with Gasteiger partial charge in [-0.05, 0) is 153 Å². The van der Waals surface area contributed by atoms with Crippen molar-refractivity contribution < 1.29 is 0 Å². The predicted molar refractivity (Wildman–Crippen MR) is 295 cm³/mol. The molecule has 0 aromatic heterocycles. The van der Waals surface area contributed by atoms with E-state index in [0.717, 1.165) is 22.6 Å². The Morgan fingerprint density at radius 3 is 1.27 bits per heavy atom. The molecule has 0 unspecified atom stereocenters. The third-order valence-electron chi connectivity index (χ3n) is 16.1. The zero-order valence-electron chi connectivity index (χ0n) is 38.9. The Morgan fingerprint density at radius 2 is 0.634 bits per heavy atom. The molecule has 0 N–H and O–H groups in total. The third kappa shape index (κ3) is 5.52. The van der Waals surface area contributed by atoms with E-state index in [1.54, 1.807) is 0 Å². The molecule has 3 aliphatic carbocycles. The van der Waals surface area contributed by atoms with Crippen LogP contribution in [-0.2, 0) is 10.8 Å². The maximum absolute atomic E-state index is 2.56. The zero-order valence-corrected chi connectivity index (χ0v) is 38.9. The first-order chi connectivity index (χ1) is 35.2. The number of hydrogen-bond acceptors (Lipinski definition) is 1. The lowest BCUT2D eigenvalue weighted by molar-refractivity contribution is 0.633. The number of benzene rings is 12. The van der Waals surface area contributed by atoms with Gasteiger partial charge in [0.15, 0.2) is 0 Å². The van der Waals surface area contributed by atoms with Crippen molar-refractivity contribution in [2.75, 3.05) is 4.90 Å². The molecule has 0 fully saturated rings. The summed E-state index contributed by atoms with van der Waals surface area (Å²) in [7, 11) is 0. The highest BCUT2D eigenvalue weighted by Crippen LogP contribution is 2.67. The van der Waals surface area contributed by atoms with Gasteiger partial charge in [-0.2, -0.15) is 0 Å². The summed E-state index contributed by atoms with van der Waals surface area (Å²) in [5, 5.41) is 4.99. The lowest BCUT2D eigenvalue weighted by Gasteiger charge is -2.49. The second-order valence-electron chi connectivity index (χ2n) is 19.5. The van der Waals surface area contributed by atoms with E-state index in [9.17, 15) is 0 Å². The van der Waals surface area contributed by atoms with Crippen LogP contribution in [0.25, 0.3) is 66.1 Å². The van der Waals surface area contributed by atoms with Crippen molar-refractivity contribution in [1.82, 2.24) is 0 Å². The number of rotatable bonds is 5. The molecule has 330 valence electrons. The smallest absolute Gasteiger partial charge is 0.0720 e. The maximum atomic E-state index is 2.56. The summed E-state index contributed by atoms with van der Waals surface area (Å²) in [4.78, 5) is 2.42. The highest BCUT2D eigenvalue weighted by Gasteiger charge is 2.59. The summed E-state index contributed by atoms with van der Waals surface area (Å²) in [5.41, 5.74) is 22.9. The molecule has 0 atom stereocenters. The molecule has 12 aromatic carbocycles.